The highest BCUT2D eigenvalue weighted by Gasteiger charge is 2.04. The fraction of sp³-hybridized carbons (Fsp3) is 0.333. The van der Waals surface area contributed by atoms with Crippen molar-refractivity contribution in [3.8, 4) is 5.88 Å². The van der Waals surface area contributed by atoms with Crippen LogP contribution in [0, 0.1) is 3.57 Å². The van der Waals surface area contributed by atoms with Crippen molar-refractivity contribution in [2.45, 2.75) is 13.3 Å². The molecule has 1 heterocycles. The number of hydrogen-bond acceptors (Lipinski definition) is 3. The smallest absolute Gasteiger partial charge is 0.213 e. The zero-order valence-corrected chi connectivity index (χ0v) is 9.66. The summed E-state index contributed by atoms with van der Waals surface area (Å²) in [4.78, 5) is 14.9. The number of methoxy groups -OCH3 is 1. The van der Waals surface area contributed by atoms with Crippen molar-refractivity contribution in [2.75, 3.05) is 7.11 Å². The number of rotatable bonds is 3. The highest BCUT2D eigenvalue weighted by Crippen LogP contribution is 2.16. The Labute approximate surface area is 90.6 Å². The molecule has 1 rings (SSSR count). The molecular weight excluding hydrogens is 281 g/mol. The van der Waals surface area contributed by atoms with Crippen LogP contribution in [0.3, 0.4) is 0 Å². The van der Waals surface area contributed by atoms with Crippen molar-refractivity contribution < 1.29 is 9.53 Å². The van der Waals surface area contributed by atoms with Crippen LogP contribution in [-0.4, -0.2) is 17.9 Å². The number of Topliss-reactive ketones (excluding diaryl/α,β-unsaturated/α-hetero) is 1. The van der Waals surface area contributed by atoms with Gasteiger partial charge in [0.15, 0.2) is 0 Å². The van der Waals surface area contributed by atoms with Crippen LogP contribution in [-0.2, 0) is 11.2 Å². The average molecular weight is 291 g/mol. The van der Waals surface area contributed by atoms with E-state index in [1.54, 1.807) is 20.2 Å². The Balaban J connectivity index is 2.91. The second-order valence-electron chi connectivity index (χ2n) is 2.70. The molecule has 0 N–H and O–H groups in total. The summed E-state index contributed by atoms with van der Waals surface area (Å²) in [6.07, 6.45) is 2.12. The molecule has 0 aromatic carbocycles. The van der Waals surface area contributed by atoms with E-state index in [-0.39, 0.29) is 5.78 Å². The molecule has 1 aromatic rings. The van der Waals surface area contributed by atoms with Gasteiger partial charge in [-0.3, -0.25) is 4.79 Å². The lowest BCUT2D eigenvalue weighted by molar-refractivity contribution is -0.116. The SMILES string of the molecule is COc1cc(I)c(CC(C)=O)cn1. The van der Waals surface area contributed by atoms with E-state index in [2.05, 4.69) is 27.6 Å². The van der Waals surface area contributed by atoms with Gasteiger partial charge in [-0.05, 0) is 35.1 Å². The summed E-state index contributed by atoms with van der Waals surface area (Å²) in [6.45, 7) is 1.57. The molecule has 0 amide bonds. The number of ketones is 1. The van der Waals surface area contributed by atoms with Crippen molar-refractivity contribution in [1.82, 2.24) is 4.98 Å². The minimum Gasteiger partial charge on any atom is -0.481 e. The standard InChI is InChI=1S/C9H10INO2/c1-6(12)3-7-5-11-9(13-2)4-8(7)10/h4-5H,3H2,1-2H3. The van der Waals surface area contributed by atoms with Crippen LogP contribution in [0.4, 0.5) is 0 Å². The van der Waals surface area contributed by atoms with E-state index in [1.807, 2.05) is 6.07 Å². The normalized spacial score (nSPS) is 9.77. The molecular formula is C9H10INO2. The van der Waals surface area contributed by atoms with Gasteiger partial charge in [-0.25, -0.2) is 4.98 Å². The summed E-state index contributed by atoms with van der Waals surface area (Å²) < 4.78 is 5.97. The summed E-state index contributed by atoms with van der Waals surface area (Å²) in [5.41, 5.74) is 0.953. The number of hydrogen-bond donors (Lipinski definition) is 0. The van der Waals surface area contributed by atoms with Crippen LogP contribution < -0.4 is 4.74 Å². The summed E-state index contributed by atoms with van der Waals surface area (Å²) >= 11 is 2.17. The van der Waals surface area contributed by atoms with Crippen molar-refractivity contribution in [3.63, 3.8) is 0 Å². The predicted octanol–water partition coefficient (Wildman–Crippen LogP) is 1.83. The van der Waals surface area contributed by atoms with Gasteiger partial charge in [-0.2, -0.15) is 0 Å². The van der Waals surface area contributed by atoms with Gasteiger partial charge in [0, 0.05) is 22.3 Å². The lowest BCUT2D eigenvalue weighted by atomic mass is 10.1. The highest BCUT2D eigenvalue weighted by molar-refractivity contribution is 14.1. The first-order valence-corrected chi connectivity index (χ1v) is 4.89. The largest absolute Gasteiger partial charge is 0.481 e. The molecule has 0 fully saturated rings. The Hall–Kier alpha value is -0.650. The zero-order valence-electron chi connectivity index (χ0n) is 7.50. The van der Waals surface area contributed by atoms with Gasteiger partial charge in [0.05, 0.1) is 7.11 Å². The third-order valence-electron chi connectivity index (χ3n) is 1.55. The molecule has 0 saturated heterocycles. The molecule has 0 atom stereocenters. The van der Waals surface area contributed by atoms with Gasteiger partial charge in [0.25, 0.3) is 0 Å². The Kier molecular flexibility index (Phi) is 3.65. The first kappa shape index (κ1) is 10.4. The lowest BCUT2D eigenvalue weighted by Crippen LogP contribution is -2.00. The third kappa shape index (κ3) is 2.95. The average Bonchev–Trinajstić information content (AvgIpc) is 2.08. The molecule has 0 saturated carbocycles. The van der Waals surface area contributed by atoms with E-state index in [0.717, 1.165) is 9.13 Å². The minimum absolute atomic E-state index is 0.143. The number of aromatic nitrogens is 1. The van der Waals surface area contributed by atoms with Gasteiger partial charge < -0.3 is 4.74 Å². The van der Waals surface area contributed by atoms with Crippen LogP contribution in [0.25, 0.3) is 0 Å². The van der Waals surface area contributed by atoms with Crippen LogP contribution >= 0.6 is 22.6 Å². The van der Waals surface area contributed by atoms with Crippen molar-refractivity contribution in [3.05, 3.63) is 21.4 Å². The molecule has 0 aliphatic carbocycles. The molecule has 0 unspecified atom stereocenters. The van der Waals surface area contributed by atoms with Gasteiger partial charge in [-0.15, -0.1) is 0 Å². The van der Waals surface area contributed by atoms with Crippen LogP contribution in [0.15, 0.2) is 12.3 Å². The summed E-state index contributed by atoms with van der Waals surface area (Å²) in [5, 5.41) is 0. The van der Waals surface area contributed by atoms with E-state index in [1.165, 1.54) is 0 Å². The molecule has 0 aliphatic rings. The summed E-state index contributed by atoms with van der Waals surface area (Å²) in [6, 6.07) is 1.82. The highest BCUT2D eigenvalue weighted by atomic mass is 127. The number of nitrogens with zero attached hydrogens (tertiary/aromatic N) is 1. The maximum absolute atomic E-state index is 10.9. The number of halogens is 1. The molecule has 0 aliphatic heterocycles. The van der Waals surface area contributed by atoms with Gasteiger partial charge in [-0.1, -0.05) is 0 Å². The summed E-state index contributed by atoms with van der Waals surface area (Å²) in [5.74, 6) is 0.724. The first-order valence-electron chi connectivity index (χ1n) is 3.81. The van der Waals surface area contributed by atoms with Gasteiger partial charge >= 0.3 is 0 Å². The Bertz CT molecular complexity index is 325. The lowest BCUT2D eigenvalue weighted by Gasteiger charge is -2.03. The fourth-order valence-corrected chi connectivity index (χ4v) is 1.55. The number of ether oxygens (including phenoxy) is 1. The molecule has 3 nitrogen and oxygen atoms in total. The Morgan fingerprint density at radius 2 is 2.38 bits per heavy atom. The molecule has 4 heteroatoms. The van der Waals surface area contributed by atoms with E-state index >= 15 is 0 Å². The van der Waals surface area contributed by atoms with E-state index < -0.39 is 0 Å². The maximum atomic E-state index is 10.9. The van der Waals surface area contributed by atoms with Crippen molar-refractivity contribution in [2.24, 2.45) is 0 Å². The molecule has 13 heavy (non-hydrogen) atoms. The number of pyridine rings is 1. The molecule has 0 bridgehead atoms. The minimum atomic E-state index is 0.143. The predicted molar refractivity (Wildman–Crippen MR) is 57.9 cm³/mol. The van der Waals surface area contributed by atoms with Crippen molar-refractivity contribution >= 4 is 28.4 Å². The topological polar surface area (TPSA) is 39.2 Å². The quantitative estimate of drug-likeness (QED) is 0.798. The van der Waals surface area contributed by atoms with Crippen LogP contribution in [0.2, 0.25) is 0 Å². The third-order valence-corrected chi connectivity index (χ3v) is 2.56. The molecule has 0 radical (unpaired) electrons. The van der Waals surface area contributed by atoms with Crippen molar-refractivity contribution in [1.29, 1.82) is 0 Å². The first-order chi connectivity index (χ1) is 6.13. The van der Waals surface area contributed by atoms with E-state index in [4.69, 9.17) is 4.74 Å². The van der Waals surface area contributed by atoms with Crippen LogP contribution in [0.5, 0.6) is 5.88 Å². The second-order valence-corrected chi connectivity index (χ2v) is 3.86. The van der Waals surface area contributed by atoms with Crippen LogP contribution in [0.1, 0.15) is 12.5 Å². The monoisotopic (exact) mass is 291 g/mol. The Morgan fingerprint density at radius 1 is 1.69 bits per heavy atom. The van der Waals surface area contributed by atoms with Gasteiger partial charge in [0.2, 0.25) is 5.88 Å². The fourth-order valence-electron chi connectivity index (χ4n) is 0.951. The molecule has 1 aromatic heterocycles. The maximum Gasteiger partial charge on any atom is 0.213 e. The van der Waals surface area contributed by atoms with E-state index in [0.29, 0.717) is 12.3 Å². The zero-order chi connectivity index (χ0) is 9.84. The van der Waals surface area contributed by atoms with Gasteiger partial charge in [0.1, 0.15) is 5.78 Å². The Morgan fingerprint density at radius 3 is 2.85 bits per heavy atom. The molecule has 70 valence electrons. The number of carbonyl (C=O) groups excluding carboxylic acids is 1. The second kappa shape index (κ2) is 4.55. The molecule has 0 spiro atoms. The summed E-state index contributed by atoms with van der Waals surface area (Å²) in [7, 11) is 1.57. The van der Waals surface area contributed by atoms with E-state index in [9.17, 15) is 4.79 Å². The number of carbonyl (C=O) groups is 1.